The van der Waals surface area contributed by atoms with Crippen LogP contribution < -0.4 is 5.73 Å². The number of benzene rings is 1. The van der Waals surface area contributed by atoms with Gasteiger partial charge in [-0.05, 0) is 23.4 Å². The molecule has 14 heavy (non-hydrogen) atoms. The van der Waals surface area contributed by atoms with Gasteiger partial charge < -0.3 is 10.7 Å². The molecule has 0 saturated carbocycles. The number of rotatable bonds is 3. The van der Waals surface area contributed by atoms with Gasteiger partial charge in [-0.3, -0.25) is 0 Å². The van der Waals surface area contributed by atoms with Crippen molar-refractivity contribution in [1.82, 2.24) is 4.98 Å². The van der Waals surface area contributed by atoms with E-state index in [-0.39, 0.29) is 0 Å². The molecule has 0 aliphatic heterocycles. The quantitative estimate of drug-likeness (QED) is 0.758. The number of thioether (sulfide) groups is 1. The third-order valence-corrected chi connectivity index (χ3v) is 3.20. The Morgan fingerprint density at radius 1 is 1.43 bits per heavy atom. The molecule has 0 aliphatic rings. The third kappa shape index (κ3) is 1.60. The zero-order valence-corrected chi connectivity index (χ0v) is 9.03. The summed E-state index contributed by atoms with van der Waals surface area (Å²) in [6.45, 7) is 2.17. The first kappa shape index (κ1) is 9.46. The van der Waals surface area contributed by atoms with E-state index in [9.17, 15) is 0 Å². The molecule has 1 aromatic heterocycles. The summed E-state index contributed by atoms with van der Waals surface area (Å²) in [4.78, 5) is 3.24. The minimum Gasteiger partial charge on any atom is -0.398 e. The number of aromatic nitrogens is 1. The van der Waals surface area contributed by atoms with Crippen LogP contribution in [0.4, 0.5) is 5.69 Å². The number of aromatic amines is 1. The van der Waals surface area contributed by atoms with E-state index in [0.29, 0.717) is 0 Å². The molecule has 3 N–H and O–H groups in total. The zero-order valence-electron chi connectivity index (χ0n) is 8.21. The molecule has 0 atom stereocenters. The molecule has 0 unspecified atom stereocenters. The van der Waals surface area contributed by atoms with Crippen LogP contribution in [0.3, 0.4) is 0 Å². The van der Waals surface area contributed by atoms with Crippen molar-refractivity contribution >= 4 is 28.4 Å². The first-order valence-electron chi connectivity index (χ1n) is 4.75. The van der Waals surface area contributed by atoms with Crippen LogP contribution in [-0.4, -0.2) is 10.7 Å². The van der Waals surface area contributed by atoms with Crippen molar-refractivity contribution in [1.29, 1.82) is 0 Å². The Hall–Kier alpha value is -1.09. The summed E-state index contributed by atoms with van der Waals surface area (Å²) in [5.41, 5.74) is 9.26. The predicted molar refractivity (Wildman–Crippen MR) is 64.5 cm³/mol. The van der Waals surface area contributed by atoms with Gasteiger partial charge in [0.25, 0.3) is 0 Å². The maximum Gasteiger partial charge on any atom is 0.0478 e. The van der Waals surface area contributed by atoms with Crippen molar-refractivity contribution < 1.29 is 0 Å². The number of H-pyrrole nitrogens is 1. The lowest BCUT2D eigenvalue weighted by atomic mass is 10.1. The summed E-state index contributed by atoms with van der Waals surface area (Å²) < 4.78 is 0. The maximum atomic E-state index is 5.94. The highest BCUT2D eigenvalue weighted by atomic mass is 32.2. The summed E-state index contributed by atoms with van der Waals surface area (Å²) in [6, 6.07) is 5.99. The zero-order chi connectivity index (χ0) is 9.97. The monoisotopic (exact) mass is 206 g/mol. The molecule has 2 nitrogen and oxygen atoms in total. The van der Waals surface area contributed by atoms with Crippen LogP contribution in [0, 0.1) is 0 Å². The molecule has 0 spiro atoms. The normalized spacial score (nSPS) is 10.9. The SMILES string of the molecule is CCSCc1c[nH]c2cccc(N)c12. The molecule has 1 aromatic carbocycles. The van der Waals surface area contributed by atoms with Crippen LogP contribution in [0.2, 0.25) is 0 Å². The molecule has 74 valence electrons. The van der Waals surface area contributed by atoms with Gasteiger partial charge >= 0.3 is 0 Å². The topological polar surface area (TPSA) is 41.8 Å². The van der Waals surface area contributed by atoms with Gasteiger partial charge in [0.1, 0.15) is 0 Å². The van der Waals surface area contributed by atoms with Gasteiger partial charge in [-0.15, -0.1) is 0 Å². The van der Waals surface area contributed by atoms with Crippen molar-refractivity contribution in [3.05, 3.63) is 30.0 Å². The molecular formula is C11H14N2S. The summed E-state index contributed by atoms with van der Waals surface area (Å²) in [5, 5.41) is 1.19. The second-order valence-corrected chi connectivity index (χ2v) is 4.50. The maximum absolute atomic E-state index is 5.94. The molecule has 0 amide bonds. The Balaban J connectivity index is 2.45. The van der Waals surface area contributed by atoms with E-state index in [1.807, 2.05) is 23.9 Å². The molecule has 0 bridgehead atoms. The first-order valence-corrected chi connectivity index (χ1v) is 5.90. The van der Waals surface area contributed by atoms with Crippen molar-refractivity contribution in [3.63, 3.8) is 0 Å². The van der Waals surface area contributed by atoms with Gasteiger partial charge in [0.2, 0.25) is 0 Å². The Kier molecular flexibility index (Phi) is 2.68. The highest BCUT2D eigenvalue weighted by molar-refractivity contribution is 7.98. The Labute approximate surface area is 87.9 Å². The number of fused-ring (bicyclic) bond motifs is 1. The van der Waals surface area contributed by atoms with Gasteiger partial charge in [0.15, 0.2) is 0 Å². The van der Waals surface area contributed by atoms with E-state index < -0.39 is 0 Å². The molecule has 2 rings (SSSR count). The number of hydrogen-bond donors (Lipinski definition) is 2. The Bertz CT molecular complexity index is 434. The summed E-state index contributed by atoms with van der Waals surface area (Å²) in [5.74, 6) is 2.17. The van der Waals surface area contributed by atoms with Crippen molar-refractivity contribution in [2.24, 2.45) is 0 Å². The van der Waals surface area contributed by atoms with E-state index in [1.54, 1.807) is 0 Å². The number of nitrogens with one attached hydrogen (secondary N) is 1. The second-order valence-electron chi connectivity index (χ2n) is 3.22. The lowest BCUT2D eigenvalue weighted by molar-refractivity contribution is 1.39. The highest BCUT2D eigenvalue weighted by Gasteiger charge is 2.05. The molecular weight excluding hydrogens is 192 g/mol. The fourth-order valence-electron chi connectivity index (χ4n) is 1.61. The predicted octanol–water partition coefficient (Wildman–Crippen LogP) is 3.00. The highest BCUT2D eigenvalue weighted by Crippen LogP contribution is 2.27. The van der Waals surface area contributed by atoms with Crippen LogP contribution in [0.15, 0.2) is 24.4 Å². The number of anilines is 1. The third-order valence-electron chi connectivity index (χ3n) is 2.28. The van der Waals surface area contributed by atoms with E-state index in [2.05, 4.69) is 24.2 Å². The van der Waals surface area contributed by atoms with Gasteiger partial charge in [-0.2, -0.15) is 11.8 Å². The van der Waals surface area contributed by atoms with E-state index in [4.69, 9.17) is 5.73 Å². The Morgan fingerprint density at radius 2 is 2.29 bits per heavy atom. The minimum atomic E-state index is 0.871. The van der Waals surface area contributed by atoms with Gasteiger partial charge in [-0.25, -0.2) is 0 Å². The Morgan fingerprint density at radius 3 is 3.07 bits per heavy atom. The van der Waals surface area contributed by atoms with Crippen LogP contribution >= 0.6 is 11.8 Å². The molecule has 0 fully saturated rings. The average molecular weight is 206 g/mol. The summed E-state index contributed by atoms with van der Waals surface area (Å²) >= 11 is 1.91. The van der Waals surface area contributed by atoms with Gasteiger partial charge in [-0.1, -0.05) is 13.0 Å². The van der Waals surface area contributed by atoms with Crippen LogP contribution in [-0.2, 0) is 5.75 Å². The molecule has 0 saturated heterocycles. The smallest absolute Gasteiger partial charge is 0.0478 e. The lowest BCUT2D eigenvalue weighted by Crippen LogP contribution is -1.87. The molecule has 1 heterocycles. The van der Waals surface area contributed by atoms with E-state index in [0.717, 1.165) is 22.7 Å². The van der Waals surface area contributed by atoms with Crippen molar-refractivity contribution in [2.45, 2.75) is 12.7 Å². The minimum absolute atomic E-state index is 0.871. The molecule has 3 heteroatoms. The lowest BCUT2D eigenvalue weighted by Gasteiger charge is -2.00. The van der Waals surface area contributed by atoms with Gasteiger partial charge in [0.05, 0.1) is 0 Å². The number of nitrogens with two attached hydrogens (primary N) is 1. The molecule has 2 aromatic rings. The standard InChI is InChI=1S/C11H14N2S/c1-2-14-7-8-6-13-10-5-3-4-9(12)11(8)10/h3-6,13H,2,7,12H2,1H3. The van der Waals surface area contributed by atoms with Crippen molar-refractivity contribution in [2.75, 3.05) is 11.5 Å². The average Bonchev–Trinajstić information content (AvgIpc) is 2.59. The van der Waals surface area contributed by atoms with Gasteiger partial charge in [0, 0.05) is 28.5 Å². The van der Waals surface area contributed by atoms with Crippen LogP contribution in [0.25, 0.3) is 10.9 Å². The number of nitrogen functional groups attached to an aromatic ring is 1. The summed E-state index contributed by atoms with van der Waals surface area (Å²) in [7, 11) is 0. The second kappa shape index (κ2) is 3.96. The first-order chi connectivity index (χ1) is 6.83. The van der Waals surface area contributed by atoms with E-state index in [1.165, 1.54) is 10.9 Å². The van der Waals surface area contributed by atoms with Crippen LogP contribution in [0.1, 0.15) is 12.5 Å². The van der Waals surface area contributed by atoms with Crippen LogP contribution in [0.5, 0.6) is 0 Å². The fraction of sp³-hybridized carbons (Fsp3) is 0.273. The largest absolute Gasteiger partial charge is 0.398 e. The van der Waals surface area contributed by atoms with Crippen molar-refractivity contribution in [3.8, 4) is 0 Å². The van der Waals surface area contributed by atoms with E-state index >= 15 is 0 Å². The number of hydrogen-bond acceptors (Lipinski definition) is 2. The molecule has 0 aliphatic carbocycles. The molecule has 0 radical (unpaired) electrons. The summed E-state index contributed by atoms with van der Waals surface area (Å²) in [6.07, 6.45) is 2.06. The fourth-order valence-corrected chi connectivity index (χ4v) is 2.26.